The molecule has 8 heteroatoms. The van der Waals surface area contributed by atoms with Crippen molar-refractivity contribution in [1.82, 2.24) is 0 Å². The molecule has 4 nitrogen and oxygen atoms in total. The number of carbonyl (C=O) groups excluding carboxylic acids is 2. The largest absolute Gasteiger partial charge is 0.464 e. The number of ether oxygens (including phenoxy) is 2. The second kappa shape index (κ2) is 5.46. The normalized spacial score (nSPS) is 14.4. The fraction of sp³-hybridized carbons (Fsp3) is 0.333. The van der Waals surface area contributed by atoms with Gasteiger partial charge in [-0.2, -0.15) is 17.6 Å². The molecule has 0 aromatic rings. The van der Waals surface area contributed by atoms with Gasteiger partial charge in [-0.1, -0.05) is 13.2 Å². The van der Waals surface area contributed by atoms with Gasteiger partial charge in [-0.3, -0.25) is 0 Å². The third kappa shape index (κ3) is 4.25. The molecule has 17 heavy (non-hydrogen) atoms. The first kappa shape index (κ1) is 15.1. The van der Waals surface area contributed by atoms with Crippen LogP contribution in [0.25, 0.3) is 0 Å². The molecule has 0 aliphatic rings. The monoisotopic (exact) mass is 256 g/mol. The van der Waals surface area contributed by atoms with Crippen LogP contribution < -0.4 is 0 Å². The van der Waals surface area contributed by atoms with Gasteiger partial charge < -0.3 is 9.47 Å². The molecular formula is C9H8F4O4. The first-order valence-corrected chi connectivity index (χ1v) is 4.06. The molecule has 0 saturated carbocycles. The average molecular weight is 256 g/mol. The molecule has 0 aromatic heterocycles. The zero-order chi connectivity index (χ0) is 13.7. The molecule has 0 aliphatic heterocycles. The second-order valence-electron chi connectivity index (χ2n) is 2.66. The van der Waals surface area contributed by atoms with Crippen molar-refractivity contribution in [3.8, 4) is 0 Å². The highest BCUT2D eigenvalue weighted by Gasteiger charge is 2.61. The Labute approximate surface area is 93.5 Å². The molecule has 0 heterocycles. The lowest BCUT2D eigenvalue weighted by molar-refractivity contribution is -0.328. The third-order valence-corrected chi connectivity index (χ3v) is 1.42. The van der Waals surface area contributed by atoms with E-state index < -0.39 is 30.6 Å². The minimum atomic E-state index is -5.55. The molecule has 1 atom stereocenters. The zero-order valence-corrected chi connectivity index (χ0v) is 8.42. The molecule has 0 rings (SSSR count). The fourth-order valence-corrected chi connectivity index (χ4v) is 0.593. The van der Waals surface area contributed by atoms with Gasteiger partial charge in [-0.25, -0.2) is 9.59 Å². The van der Waals surface area contributed by atoms with Gasteiger partial charge in [0.05, 0.1) is 0 Å². The Morgan fingerprint density at radius 2 is 1.53 bits per heavy atom. The summed E-state index contributed by atoms with van der Waals surface area (Å²) in [5.74, 6) is -7.35. The lowest BCUT2D eigenvalue weighted by atomic mass is 10.3. The van der Waals surface area contributed by atoms with Gasteiger partial charge in [0.2, 0.25) is 0 Å². The highest BCUT2D eigenvalue weighted by atomic mass is 19.4. The van der Waals surface area contributed by atoms with E-state index in [4.69, 9.17) is 0 Å². The van der Waals surface area contributed by atoms with E-state index in [-0.39, 0.29) is 0 Å². The number of rotatable bonds is 5. The van der Waals surface area contributed by atoms with Gasteiger partial charge in [-0.05, 0) is 0 Å². The number of esters is 2. The van der Waals surface area contributed by atoms with Crippen LogP contribution in [0.1, 0.15) is 0 Å². The summed E-state index contributed by atoms with van der Waals surface area (Å²) >= 11 is 0. The first-order valence-electron chi connectivity index (χ1n) is 4.06. The van der Waals surface area contributed by atoms with E-state index in [2.05, 4.69) is 22.6 Å². The Morgan fingerprint density at radius 1 is 1.06 bits per heavy atom. The number of alkyl halides is 4. The molecule has 0 amide bonds. The third-order valence-electron chi connectivity index (χ3n) is 1.42. The summed E-state index contributed by atoms with van der Waals surface area (Å²) in [5, 5.41) is 0. The van der Waals surface area contributed by atoms with Crippen LogP contribution in [0.15, 0.2) is 25.3 Å². The second-order valence-corrected chi connectivity index (χ2v) is 2.66. The van der Waals surface area contributed by atoms with Crippen molar-refractivity contribution in [2.75, 3.05) is 6.61 Å². The van der Waals surface area contributed by atoms with Crippen LogP contribution in [0.4, 0.5) is 17.6 Å². The molecule has 96 valence electrons. The summed E-state index contributed by atoms with van der Waals surface area (Å²) in [4.78, 5) is 21.1. The van der Waals surface area contributed by atoms with E-state index in [1.54, 1.807) is 0 Å². The zero-order valence-electron chi connectivity index (χ0n) is 8.42. The van der Waals surface area contributed by atoms with Crippen LogP contribution in [-0.2, 0) is 19.1 Å². The minimum Gasteiger partial charge on any atom is -0.455 e. The first-order chi connectivity index (χ1) is 7.66. The van der Waals surface area contributed by atoms with Crippen LogP contribution in [-0.4, -0.2) is 30.6 Å². The Hall–Kier alpha value is -1.86. The molecule has 0 fully saturated rings. The summed E-state index contributed by atoms with van der Waals surface area (Å²) in [6.45, 7) is 3.89. The summed E-state index contributed by atoms with van der Waals surface area (Å²) in [5.41, 5.74) is 0. The summed E-state index contributed by atoms with van der Waals surface area (Å²) in [6, 6.07) is 0. The fourth-order valence-electron chi connectivity index (χ4n) is 0.593. The van der Waals surface area contributed by atoms with Crippen molar-refractivity contribution in [3.05, 3.63) is 25.3 Å². The number of halogens is 4. The molecule has 0 N–H and O–H groups in total. The summed E-state index contributed by atoms with van der Waals surface area (Å²) in [6.07, 6.45) is -4.67. The number of hydrogen-bond donors (Lipinski definition) is 0. The lowest BCUT2D eigenvalue weighted by Crippen LogP contribution is -2.49. The highest BCUT2D eigenvalue weighted by molar-refractivity contribution is 5.82. The minimum absolute atomic E-state index is 0.343. The molecule has 0 spiro atoms. The van der Waals surface area contributed by atoms with Crippen LogP contribution in [0, 0.1) is 0 Å². The number of carbonyl (C=O) groups is 2. The van der Waals surface area contributed by atoms with Gasteiger partial charge in [0, 0.05) is 12.2 Å². The maximum Gasteiger partial charge on any atom is 0.464 e. The Balaban J connectivity index is 4.85. The summed E-state index contributed by atoms with van der Waals surface area (Å²) < 4.78 is 57.4. The van der Waals surface area contributed by atoms with E-state index in [1.165, 1.54) is 0 Å². The van der Waals surface area contributed by atoms with Crippen molar-refractivity contribution in [2.24, 2.45) is 0 Å². The van der Waals surface area contributed by atoms with E-state index in [0.29, 0.717) is 12.2 Å². The molecule has 0 bridgehead atoms. The topological polar surface area (TPSA) is 52.6 Å². The maximum absolute atomic E-state index is 13.3. The van der Waals surface area contributed by atoms with Gasteiger partial charge in [0.1, 0.15) is 0 Å². The average Bonchev–Trinajstić information content (AvgIpc) is 2.24. The highest BCUT2D eigenvalue weighted by Crippen LogP contribution is 2.35. The van der Waals surface area contributed by atoms with Gasteiger partial charge in [-0.15, -0.1) is 0 Å². The Kier molecular flexibility index (Phi) is 4.87. The van der Waals surface area contributed by atoms with Gasteiger partial charge >= 0.3 is 24.0 Å². The van der Waals surface area contributed by atoms with Crippen molar-refractivity contribution in [1.29, 1.82) is 0 Å². The Morgan fingerprint density at radius 3 is 1.88 bits per heavy atom. The van der Waals surface area contributed by atoms with Crippen LogP contribution >= 0.6 is 0 Å². The van der Waals surface area contributed by atoms with Gasteiger partial charge in [0.25, 0.3) is 0 Å². The van der Waals surface area contributed by atoms with Crippen molar-refractivity contribution in [3.63, 3.8) is 0 Å². The molecule has 0 aliphatic carbocycles. The molecule has 0 aromatic carbocycles. The van der Waals surface area contributed by atoms with Crippen molar-refractivity contribution >= 4 is 11.9 Å². The van der Waals surface area contributed by atoms with Crippen molar-refractivity contribution < 1.29 is 36.6 Å². The molecule has 1 unspecified atom stereocenters. The van der Waals surface area contributed by atoms with E-state index >= 15 is 0 Å². The van der Waals surface area contributed by atoms with Gasteiger partial charge in [0.15, 0.2) is 6.61 Å². The smallest absolute Gasteiger partial charge is 0.455 e. The van der Waals surface area contributed by atoms with E-state index in [1.807, 2.05) is 0 Å². The van der Waals surface area contributed by atoms with E-state index in [0.717, 1.165) is 0 Å². The lowest BCUT2D eigenvalue weighted by Gasteiger charge is -2.26. The quantitative estimate of drug-likeness (QED) is 0.426. The van der Waals surface area contributed by atoms with Crippen LogP contribution in [0.5, 0.6) is 0 Å². The van der Waals surface area contributed by atoms with Crippen LogP contribution in [0.3, 0.4) is 0 Å². The predicted octanol–water partition coefficient (Wildman–Crippen LogP) is 1.67. The van der Waals surface area contributed by atoms with Crippen LogP contribution in [0.2, 0.25) is 0 Å². The van der Waals surface area contributed by atoms with E-state index in [9.17, 15) is 27.2 Å². The maximum atomic E-state index is 13.3. The Bertz CT molecular complexity index is 336. The standard InChI is InChI=1S/C9H8F4O4/c1-3-6(14)16-5-8(10,9(11,12)13)17-7(15)4-2/h3-4H,1-2,5H2. The number of hydrogen-bond acceptors (Lipinski definition) is 4. The molecular weight excluding hydrogens is 248 g/mol. The predicted molar refractivity (Wildman–Crippen MR) is 47.3 cm³/mol. The summed E-state index contributed by atoms with van der Waals surface area (Å²) in [7, 11) is 0. The molecule has 0 saturated heterocycles. The van der Waals surface area contributed by atoms with Crippen molar-refractivity contribution in [2.45, 2.75) is 12.0 Å². The molecule has 0 radical (unpaired) electrons. The SMILES string of the molecule is C=CC(=O)OCC(F)(OC(=O)C=C)C(F)(F)F.